The molecule has 1 unspecified atom stereocenters. The van der Waals surface area contributed by atoms with E-state index < -0.39 is 0 Å². The van der Waals surface area contributed by atoms with Crippen molar-refractivity contribution in [1.82, 2.24) is 4.90 Å². The number of piperidine rings is 1. The topological polar surface area (TPSA) is 52.9 Å². The zero-order chi connectivity index (χ0) is 14.7. The molecule has 0 aliphatic carbocycles. The molecule has 21 heavy (non-hydrogen) atoms. The van der Waals surface area contributed by atoms with Crippen molar-refractivity contribution in [3.63, 3.8) is 0 Å². The smallest absolute Gasteiger partial charge is 0.248 e. The van der Waals surface area contributed by atoms with Gasteiger partial charge >= 0.3 is 0 Å². The van der Waals surface area contributed by atoms with E-state index in [2.05, 4.69) is 4.99 Å². The number of aliphatic hydroxyl groups excluding tert-OH is 1. The first-order valence-corrected chi connectivity index (χ1v) is 8.42. The number of aliphatic imine (C=N–C) groups is 1. The molecule has 2 aliphatic rings. The number of aliphatic hydroxyl groups is 1. The Kier molecular flexibility index (Phi) is 4.60. The molecule has 1 N–H and O–H groups in total. The van der Waals surface area contributed by atoms with Gasteiger partial charge in [-0.15, -0.1) is 11.8 Å². The third kappa shape index (κ3) is 3.30. The van der Waals surface area contributed by atoms with E-state index in [0.29, 0.717) is 5.92 Å². The first kappa shape index (κ1) is 14.6. The van der Waals surface area contributed by atoms with Crippen molar-refractivity contribution >= 4 is 22.7 Å². The van der Waals surface area contributed by atoms with Crippen molar-refractivity contribution in [3.05, 3.63) is 35.9 Å². The van der Waals surface area contributed by atoms with Gasteiger partial charge in [-0.3, -0.25) is 9.79 Å². The summed E-state index contributed by atoms with van der Waals surface area (Å²) >= 11 is 1.66. The molecular weight excluding hydrogens is 284 g/mol. The minimum atomic E-state index is -0.240. The van der Waals surface area contributed by atoms with Gasteiger partial charge in [-0.1, -0.05) is 30.3 Å². The van der Waals surface area contributed by atoms with E-state index in [0.717, 1.165) is 42.3 Å². The van der Waals surface area contributed by atoms with E-state index in [-0.39, 0.29) is 18.6 Å². The standard InChI is InChI=1S/C16H20N2O2S/c19-10-12-6-8-18(9-7-12)16(20)14-11-21-15(17-14)13-4-2-1-3-5-13/h1-5,12,14,19H,6-11H2. The predicted octanol–water partition coefficient (Wildman–Crippen LogP) is 1.78. The number of hydrogen-bond acceptors (Lipinski definition) is 4. The second kappa shape index (κ2) is 6.62. The molecule has 2 aliphatic heterocycles. The van der Waals surface area contributed by atoms with Gasteiger partial charge in [-0.05, 0) is 18.8 Å². The second-order valence-electron chi connectivity index (χ2n) is 5.58. The normalized spacial score (nSPS) is 23.2. The van der Waals surface area contributed by atoms with E-state index >= 15 is 0 Å². The maximum atomic E-state index is 12.5. The van der Waals surface area contributed by atoms with Gasteiger partial charge in [0.05, 0.1) is 5.04 Å². The van der Waals surface area contributed by atoms with Crippen LogP contribution in [0.25, 0.3) is 0 Å². The molecule has 0 aromatic heterocycles. The number of nitrogens with zero attached hydrogens (tertiary/aromatic N) is 2. The van der Waals surface area contributed by atoms with Gasteiger partial charge in [-0.25, -0.2) is 0 Å². The third-order valence-electron chi connectivity index (χ3n) is 4.14. The number of carbonyl (C=O) groups is 1. The van der Waals surface area contributed by atoms with E-state index in [1.54, 1.807) is 11.8 Å². The van der Waals surface area contributed by atoms with Crippen LogP contribution in [-0.4, -0.2) is 52.4 Å². The molecule has 1 fully saturated rings. The predicted molar refractivity (Wildman–Crippen MR) is 85.6 cm³/mol. The van der Waals surface area contributed by atoms with Crippen LogP contribution in [0.4, 0.5) is 0 Å². The highest BCUT2D eigenvalue weighted by molar-refractivity contribution is 8.14. The molecule has 3 rings (SSSR count). The first-order chi connectivity index (χ1) is 10.3. The zero-order valence-corrected chi connectivity index (χ0v) is 12.8. The number of rotatable bonds is 3. The van der Waals surface area contributed by atoms with Crippen LogP contribution in [-0.2, 0) is 4.79 Å². The van der Waals surface area contributed by atoms with E-state index in [1.165, 1.54) is 0 Å². The summed E-state index contributed by atoms with van der Waals surface area (Å²) in [7, 11) is 0. The Hall–Kier alpha value is -1.33. The van der Waals surface area contributed by atoms with E-state index in [9.17, 15) is 4.79 Å². The Bertz CT molecular complexity index is 524. The average molecular weight is 304 g/mol. The molecule has 0 saturated carbocycles. The van der Waals surface area contributed by atoms with Crippen LogP contribution in [0.3, 0.4) is 0 Å². The lowest BCUT2D eigenvalue weighted by Gasteiger charge is -2.32. The highest BCUT2D eigenvalue weighted by Crippen LogP contribution is 2.26. The summed E-state index contributed by atoms with van der Waals surface area (Å²) in [5.41, 5.74) is 1.09. The summed E-state index contributed by atoms with van der Waals surface area (Å²) in [6, 6.07) is 9.80. The van der Waals surface area contributed by atoms with Crippen molar-refractivity contribution in [1.29, 1.82) is 0 Å². The van der Waals surface area contributed by atoms with Gasteiger partial charge in [0, 0.05) is 31.0 Å². The van der Waals surface area contributed by atoms with E-state index in [4.69, 9.17) is 5.11 Å². The van der Waals surface area contributed by atoms with Crippen molar-refractivity contribution in [2.24, 2.45) is 10.9 Å². The molecule has 4 nitrogen and oxygen atoms in total. The SMILES string of the molecule is O=C(C1CSC(c2ccccc2)=N1)N1CCC(CO)CC1. The molecule has 5 heteroatoms. The Labute approximate surface area is 129 Å². The van der Waals surface area contributed by atoms with Crippen LogP contribution in [0.15, 0.2) is 35.3 Å². The minimum absolute atomic E-state index is 0.143. The second-order valence-corrected chi connectivity index (χ2v) is 6.59. The molecular formula is C16H20N2O2S. The van der Waals surface area contributed by atoms with Crippen LogP contribution in [0.1, 0.15) is 18.4 Å². The molecule has 0 radical (unpaired) electrons. The van der Waals surface area contributed by atoms with Crippen LogP contribution < -0.4 is 0 Å². The minimum Gasteiger partial charge on any atom is -0.396 e. The highest BCUT2D eigenvalue weighted by atomic mass is 32.2. The van der Waals surface area contributed by atoms with Crippen molar-refractivity contribution in [2.45, 2.75) is 18.9 Å². The van der Waals surface area contributed by atoms with Crippen LogP contribution >= 0.6 is 11.8 Å². The molecule has 1 aromatic carbocycles. The average Bonchev–Trinajstić information content (AvgIpc) is 3.05. The number of hydrogen-bond donors (Lipinski definition) is 1. The Morgan fingerprint density at radius 3 is 2.67 bits per heavy atom. The summed E-state index contributed by atoms with van der Waals surface area (Å²) < 4.78 is 0. The Morgan fingerprint density at radius 2 is 2.00 bits per heavy atom. The Morgan fingerprint density at radius 1 is 1.29 bits per heavy atom. The summed E-state index contributed by atoms with van der Waals surface area (Å²) in [6.45, 7) is 1.74. The van der Waals surface area contributed by atoms with Crippen LogP contribution in [0, 0.1) is 5.92 Å². The zero-order valence-electron chi connectivity index (χ0n) is 11.9. The fraction of sp³-hybridized carbons (Fsp3) is 0.500. The number of benzene rings is 1. The molecule has 1 aromatic rings. The molecule has 0 bridgehead atoms. The summed E-state index contributed by atoms with van der Waals surface area (Å²) in [6.07, 6.45) is 1.80. The first-order valence-electron chi connectivity index (χ1n) is 7.43. The third-order valence-corrected chi connectivity index (χ3v) is 5.24. The van der Waals surface area contributed by atoms with Crippen molar-refractivity contribution < 1.29 is 9.90 Å². The van der Waals surface area contributed by atoms with Gasteiger partial charge < -0.3 is 10.0 Å². The molecule has 1 amide bonds. The maximum Gasteiger partial charge on any atom is 0.248 e. The molecule has 1 saturated heterocycles. The van der Waals surface area contributed by atoms with Crippen LogP contribution in [0.5, 0.6) is 0 Å². The number of thioether (sulfide) groups is 1. The summed E-state index contributed by atoms with van der Waals surface area (Å²) in [4.78, 5) is 19.0. The Balaban J connectivity index is 1.63. The van der Waals surface area contributed by atoms with Crippen molar-refractivity contribution in [3.8, 4) is 0 Å². The fourth-order valence-corrected chi connectivity index (χ4v) is 3.82. The van der Waals surface area contributed by atoms with Gasteiger partial charge in [0.15, 0.2) is 0 Å². The fourth-order valence-electron chi connectivity index (χ4n) is 2.79. The van der Waals surface area contributed by atoms with Gasteiger partial charge in [0.2, 0.25) is 5.91 Å². The van der Waals surface area contributed by atoms with Crippen LogP contribution in [0.2, 0.25) is 0 Å². The summed E-state index contributed by atoms with van der Waals surface area (Å²) in [5, 5.41) is 10.1. The molecule has 1 atom stereocenters. The molecule has 0 spiro atoms. The highest BCUT2D eigenvalue weighted by Gasteiger charge is 2.31. The quantitative estimate of drug-likeness (QED) is 0.926. The molecule has 2 heterocycles. The van der Waals surface area contributed by atoms with Gasteiger partial charge in [0.1, 0.15) is 6.04 Å². The van der Waals surface area contributed by atoms with Gasteiger partial charge in [-0.2, -0.15) is 0 Å². The lowest BCUT2D eigenvalue weighted by atomic mass is 9.97. The lowest BCUT2D eigenvalue weighted by molar-refractivity contribution is -0.133. The maximum absolute atomic E-state index is 12.5. The monoisotopic (exact) mass is 304 g/mol. The van der Waals surface area contributed by atoms with Crippen molar-refractivity contribution in [2.75, 3.05) is 25.4 Å². The van der Waals surface area contributed by atoms with E-state index in [1.807, 2.05) is 35.2 Å². The molecule has 112 valence electrons. The summed E-state index contributed by atoms with van der Waals surface area (Å²) in [5.74, 6) is 1.24. The number of likely N-dealkylation sites (tertiary alicyclic amines) is 1. The van der Waals surface area contributed by atoms with Gasteiger partial charge in [0.25, 0.3) is 0 Å². The number of carbonyl (C=O) groups excluding carboxylic acids is 1. The lowest BCUT2D eigenvalue weighted by Crippen LogP contribution is -2.44. The number of amides is 1. The largest absolute Gasteiger partial charge is 0.396 e.